The summed E-state index contributed by atoms with van der Waals surface area (Å²) >= 11 is 0. The standard InChI is InChI=1S/C24H18FN3O3/c25-19-11-6-10-18(13-19)22(29)27-28-24-20(14-17-9-4-5-12-21(17)31-24)23(30)26-15-16-7-2-1-3-8-16/h1-14H,15H2,(H,26,30)(H,27,29)/b28-24+. The minimum Gasteiger partial charge on any atom is -0.436 e. The maximum absolute atomic E-state index is 13.4. The largest absolute Gasteiger partial charge is 0.436 e. The summed E-state index contributed by atoms with van der Waals surface area (Å²) in [6.07, 6.45) is 0. The van der Waals surface area contributed by atoms with Gasteiger partial charge >= 0.3 is 0 Å². The average molecular weight is 415 g/mol. The van der Waals surface area contributed by atoms with Crippen LogP contribution in [0.15, 0.2) is 94.4 Å². The van der Waals surface area contributed by atoms with Gasteiger partial charge in [-0.25, -0.2) is 9.82 Å². The van der Waals surface area contributed by atoms with E-state index >= 15 is 0 Å². The summed E-state index contributed by atoms with van der Waals surface area (Å²) in [6, 6.07) is 23.5. The summed E-state index contributed by atoms with van der Waals surface area (Å²) in [6.45, 7) is 0.321. The zero-order valence-corrected chi connectivity index (χ0v) is 16.3. The lowest BCUT2D eigenvalue weighted by molar-refractivity contribution is 0.0932. The molecule has 31 heavy (non-hydrogen) atoms. The molecule has 0 spiro atoms. The lowest BCUT2D eigenvalue weighted by Gasteiger charge is -2.07. The van der Waals surface area contributed by atoms with Gasteiger partial charge in [-0.2, -0.15) is 0 Å². The topological polar surface area (TPSA) is 83.7 Å². The Bertz CT molecular complexity index is 1320. The highest BCUT2D eigenvalue weighted by atomic mass is 19.1. The molecule has 0 aliphatic carbocycles. The van der Waals surface area contributed by atoms with Crippen molar-refractivity contribution in [3.05, 3.63) is 113 Å². The Morgan fingerprint density at radius 2 is 1.65 bits per heavy atom. The first-order valence-corrected chi connectivity index (χ1v) is 9.55. The fraction of sp³-hybridized carbons (Fsp3) is 0.0417. The third-order valence-electron chi connectivity index (χ3n) is 4.54. The van der Waals surface area contributed by atoms with Crippen LogP contribution in [0.1, 0.15) is 26.3 Å². The minimum atomic E-state index is -0.626. The Labute approximate surface area is 177 Å². The number of carbonyl (C=O) groups excluding carboxylic acids is 2. The number of carbonyl (C=O) groups is 2. The molecule has 0 aliphatic heterocycles. The van der Waals surface area contributed by atoms with Gasteiger partial charge in [-0.15, -0.1) is 5.10 Å². The molecule has 4 rings (SSSR count). The maximum Gasteiger partial charge on any atom is 0.271 e. The smallest absolute Gasteiger partial charge is 0.271 e. The summed E-state index contributed by atoms with van der Waals surface area (Å²) in [7, 11) is 0. The van der Waals surface area contributed by atoms with Crippen LogP contribution in [0.4, 0.5) is 4.39 Å². The van der Waals surface area contributed by atoms with Gasteiger partial charge in [-0.3, -0.25) is 9.59 Å². The van der Waals surface area contributed by atoms with Crippen molar-refractivity contribution >= 4 is 22.8 Å². The quantitative estimate of drug-likeness (QED) is 0.487. The molecule has 2 amide bonds. The number of nitrogens with zero attached hydrogens (tertiary/aromatic N) is 1. The first-order valence-electron chi connectivity index (χ1n) is 9.55. The van der Waals surface area contributed by atoms with Gasteiger partial charge in [0.2, 0.25) is 5.55 Å². The van der Waals surface area contributed by atoms with Crippen molar-refractivity contribution in [2.45, 2.75) is 6.54 Å². The second-order valence-electron chi connectivity index (χ2n) is 6.73. The van der Waals surface area contributed by atoms with Crippen LogP contribution >= 0.6 is 0 Å². The third kappa shape index (κ3) is 4.84. The molecule has 0 saturated heterocycles. The summed E-state index contributed by atoms with van der Waals surface area (Å²) in [5.74, 6) is -1.57. The number of amides is 2. The van der Waals surface area contributed by atoms with E-state index in [0.29, 0.717) is 17.5 Å². The van der Waals surface area contributed by atoms with E-state index in [1.807, 2.05) is 42.5 Å². The molecule has 0 unspecified atom stereocenters. The molecule has 0 saturated carbocycles. The Kier molecular flexibility index (Phi) is 5.84. The van der Waals surface area contributed by atoms with E-state index in [1.54, 1.807) is 18.2 Å². The normalized spacial score (nSPS) is 11.3. The van der Waals surface area contributed by atoms with Crippen LogP contribution in [-0.4, -0.2) is 11.8 Å². The summed E-state index contributed by atoms with van der Waals surface area (Å²) in [4.78, 5) is 25.2. The lowest BCUT2D eigenvalue weighted by atomic mass is 10.1. The van der Waals surface area contributed by atoms with Gasteiger partial charge in [0.05, 0.1) is 0 Å². The van der Waals surface area contributed by atoms with Crippen LogP contribution in [0.3, 0.4) is 0 Å². The zero-order valence-electron chi connectivity index (χ0n) is 16.3. The number of halogens is 1. The number of fused-ring (bicyclic) bond motifs is 1. The molecule has 2 N–H and O–H groups in total. The van der Waals surface area contributed by atoms with Crippen LogP contribution in [0.2, 0.25) is 0 Å². The van der Waals surface area contributed by atoms with Gasteiger partial charge in [0.15, 0.2) is 0 Å². The van der Waals surface area contributed by atoms with Gasteiger partial charge < -0.3 is 9.73 Å². The minimum absolute atomic E-state index is 0.0611. The fourth-order valence-electron chi connectivity index (χ4n) is 2.98. The van der Waals surface area contributed by atoms with Crippen LogP contribution in [0, 0.1) is 5.82 Å². The number of nitrogens with one attached hydrogen (secondary N) is 2. The summed E-state index contributed by atoms with van der Waals surface area (Å²) in [5.41, 5.74) is 3.96. The SMILES string of the molecule is O=C(N/N=c1/oc2ccccc2cc1C(=O)NCc1ccccc1)c1cccc(F)c1. The molecule has 3 aromatic carbocycles. The molecular weight excluding hydrogens is 397 g/mol. The monoisotopic (exact) mass is 415 g/mol. The fourth-order valence-corrected chi connectivity index (χ4v) is 2.98. The van der Waals surface area contributed by atoms with Crippen LogP contribution < -0.4 is 16.3 Å². The van der Waals surface area contributed by atoms with E-state index in [2.05, 4.69) is 15.8 Å². The Hall–Kier alpha value is -4.26. The van der Waals surface area contributed by atoms with Crippen LogP contribution in [0.25, 0.3) is 11.0 Å². The summed E-state index contributed by atoms with van der Waals surface area (Å²) < 4.78 is 19.1. The van der Waals surface area contributed by atoms with E-state index in [4.69, 9.17) is 4.42 Å². The van der Waals surface area contributed by atoms with Crippen LogP contribution in [-0.2, 0) is 6.54 Å². The van der Waals surface area contributed by atoms with E-state index < -0.39 is 17.6 Å². The second kappa shape index (κ2) is 9.04. The molecule has 0 bridgehead atoms. The molecule has 4 aromatic rings. The van der Waals surface area contributed by atoms with Gasteiger partial charge in [0.1, 0.15) is 17.0 Å². The second-order valence-corrected chi connectivity index (χ2v) is 6.73. The van der Waals surface area contributed by atoms with Crippen molar-refractivity contribution in [1.82, 2.24) is 10.7 Å². The van der Waals surface area contributed by atoms with Crippen molar-refractivity contribution in [3.8, 4) is 0 Å². The molecule has 0 atom stereocenters. The van der Waals surface area contributed by atoms with Gasteiger partial charge in [0.25, 0.3) is 11.8 Å². The zero-order chi connectivity index (χ0) is 21.6. The number of para-hydroxylation sites is 1. The molecule has 1 aromatic heterocycles. The predicted octanol–water partition coefficient (Wildman–Crippen LogP) is 3.75. The number of hydrogen-bond acceptors (Lipinski definition) is 4. The Morgan fingerprint density at radius 1 is 0.871 bits per heavy atom. The highest BCUT2D eigenvalue weighted by molar-refractivity contribution is 5.97. The number of hydrogen-bond donors (Lipinski definition) is 2. The van der Waals surface area contributed by atoms with E-state index in [-0.39, 0.29) is 16.7 Å². The van der Waals surface area contributed by atoms with Gasteiger partial charge in [-0.1, -0.05) is 54.6 Å². The molecule has 6 nitrogen and oxygen atoms in total. The molecule has 154 valence electrons. The van der Waals surface area contributed by atoms with Crippen molar-refractivity contribution < 1.29 is 18.4 Å². The highest BCUT2D eigenvalue weighted by Crippen LogP contribution is 2.13. The molecule has 1 heterocycles. The van der Waals surface area contributed by atoms with E-state index in [0.717, 1.165) is 11.6 Å². The predicted molar refractivity (Wildman–Crippen MR) is 113 cm³/mol. The third-order valence-corrected chi connectivity index (χ3v) is 4.54. The lowest BCUT2D eigenvalue weighted by Crippen LogP contribution is -2.30. The summed E-state index contributed by atoms with van der Waals surface area (Å²) in [5, 5.41) is 7.53. The first kappa shape index (κ1) is 20.0. The maximum atomic E-state index is 13.4. The highest BCUT2D eigenvalue weighted by Gasteiger charge is 2.13. The van der Waals surface area contributed by atoms with Gasteiger partial charge in [-0.05, 0) is 35.9 Å². The van der Waals surface area contributed by atoms with E-state index in [1.165, 1.54) is 18.2 Å². The average Bonchev–Trinajstić information content (AvgIpc) is 2.81. The number of rotatable bonds is 5. The van der Waals surface area contributed by atoms with Crippen molar-refractivity contribution in [3.63, 3.8) is 0 Å². The molecule has 7 heteroatoms. The van der Waals surface area contributed by atoms with Crippen molar-refractivity contribution in [1.29, 1.82) is 0 Å². The van der Waals surface area contributed by atoms with Crippen molar-refractivity contribution in [2.75, 3.05) is 0 Å². The molecule has 0 aliphatic rings. The first-order chi connectivity index (χ1) is 15.1. The van der Waals surface area contributed by atoms with Crippen molar-refractivity contribution in [2.24, 2.45) is 5.10 Å². The van der Waals surface area contributed by atoms with Crippen LogP contribution in [0.5, 0.6) is 0 Å². The van der Waals surface area contributed by atoms with E-state index in [9.17, 15) is 14.0 Å². The molecular formula is C24H18FN3O3. The van der Waals surface area contributed by atoms with Gasteiger partial charge in [0, 0.05) is 17.5 Å². The molecule has 0 fully saturated rings. The number of benzene rings is 3. The molecule has 0 radical (unpaired) electrons. The Balaban J connectivity index is 1.65. The Morgan fingerprint density at radius 3 is 2.45 bits per heavy atom.